The standard InChI is InChI=1S/C15H20Cl2N2/c16-13-3-1-2-12(15(13)17)14(19-18)8-11-7-9-4-5-10(11)6-9/h1-3,9-11,14,19H,4-8,18H2. The summed E-state index contributed by atoms with van der Waals surface area (Å²) in [4.78, 5) is 0. The van der Waals surface area contributed by atoms with Crippen molar-refractivity contribution in [2.24, 2.45) is 23.6 Å². The summed E-state index contributed by atoms with van der Waals surface area (Å²) < 4.78 is 0. The summed E-state index contributed by atoms with van der Waals surface area (Å²) in [6.45, 7) is 0. The lowest BCUT2D eigenvalue weighted by molar-refractivity contribution is 0.280. The summed E-state index contributed by atoms with van der Waals surface area (Å²) in [5, 5.41) is 1.24. The second kappa shape index (κ2) is 5.61. The van der Waals surface area contributed by atoms with Gasteiger partial charge < -0.3 is 0 Å². The maximum absolute atomic E-state index is 6.30. The summed E-state index contributed by atoms with van der Waals surface area (Å²) in [5.74, 6) is 8.40. The molecule has 0 radical (unpaired) electrons. The zero-order chi connectivity index (χ0) is 13.4. The van der Waals surface area contributed by atoms with Crippen LogP contribution in [0.2, 0.25) is 10.0 Å². The third-order valence-electron chi connectivity index (χ3n) is 4.98. The quantitative estimate of drug-likeness (QED) is 0.641. The zero-order valence-corrected chi connectivity index (χ0v) is 12.4. The Kier molecular flexibility index (Phi) is 4.04. The molecule has 4 unspecified atom stereocenters. The van der Waals surface area contributed by atoms with Crippen LogP contribution < -0.4 is 11.3 Å². The predicted molar refractivity (Wildman–Crippen MR) is 80.1 cm³/mol. The number of hydrazine groups is 1. The van der Waals surface area contributed by atoms with Crippen molar-refractivity contribution in [2.75, 3.05) is 0 Å². The van der Waals surface area contributed by atoms with Gasteiger partial charge in [0, 0.05) is 6.04 Å². The van der Waals surface area contributed by atoms with E-state index in [1.165, 1.54) is 25.7 Å². The number of rotatable bonds is 4. The number of benzene rings is 1. The van der Waals surface area contributed by atoms with Crippen molar-refractivity contribution >= 4 is 23.2 Å². The highest BCUT2D eigenvalue weighted by molar-refractivity contribution is 6.42. The van der Waals surface area contributed by atoms with Crippen LogP contribution in [0, 0.1) is 17.8 Å². The molecule has 0 amide bonds. The molecule has 2 bridgehead atoms. The van der Waals surface area contributed by atoms with Crippen molar-refractivity contribution in [3.8, 4) is 0 Å². The summed E-state index contributed by atoms with van der Waals surface area (Å²) >= 11 is 12.4. The molecule has 104 valence electrons. The SMILES string of the molecule is NNC(CC1CC2CCC1C2)c1cccc(Cl)c1Cl. The summed E-state index contributed by atoms with van der Waals surface area (Å²) in [7, 11) is 0. The first-order valence-electron chi connectivity index (χ1n) is 7.09. The van der Waals surface area contributed by atoms with Gasteiger partial charge in [-0.25, -0.2) is 0 Å². The normalized spacial score (nSPS) is 30.8. The van der Waals surface area contributed by atoms with E-state index in [2.05, 4.69) is 5.43 Å². The Hall–Kier alpha value is -0.280. The second-order valence-corrected chi connectivity index (χ2v) is 6.82. The van der Waals surface area contributed by atoms with Crippen molar-refractivity contribution < 1.29 is 0 Å². The molecule has 0 heterocycles. The highest BCUT2D eigenvalue weighted by Gasteiger charge is 2.40. The van der Waals surface area contributed by atoms with Crippen LogP contribution in [0.1, 0.15) is 43.7 Å². The Labute approximate surface area is 124 Å². The Morgan fingerprint density at radius 3 is 2.74 bits per heavy atom. The van der Waals surface area contributed by atoms with Gasteiger partial charge in [-0.1, -0.05) is 41.8 Å². The van der Waals surface area contributed by atoms with E-state index in [4.69, 9.17) is 29.0 Å². The summed E-state index contributed by atoms with van der Waals surface area (Å²) in [6.07, 6.45) is 6.68. The smallest absolute Gasteiger partial charge is 0.0640 e. The number of nitrogens with two attached hydrogens (primary N) is 1. The third kappa shape index (κ3) is 2.64. The molecule has 3 rings (SSSR count). The Morgan fingerprint density at radius 1 is 1.26 bits per heavy atom. The number of nitrogens with one attached hydrogen (secondary N) is 1. The molecular formula is C15H20Cl2N2. The molecule has 1 aromatic rings. The van der Waals surface area contributed by atoms with Gasteiger partial charge in [0.05, 0.1) is 10.0 Å². The number of hydrogen-bond donors (Lipinski definition) is 2. The van der Waals surface area contributed by atoms with Crippen molar-refractivity contribution in [2.45, 2.75) is 38.1 Å². The van der Waals surface area contributed by atoms with Crippen LogP contribution in [0.3, 0.4) is 0 Å². The van der Waals surface area contributed by atoms with Crippen molar-refractivity contribution in [1.82, 2.24) is 5.43 Å². The van der Waals surface area contributed by atoms with E-state index in [0.29, 0.717) is 10.0 Å². The van der Waals surface area contributed by atoms with Gasteiger partial charge in [-0.15, -0.1) is 0 Å². The maximum atomic E-state index is 6.30. The van der Waals surface area contributed by atoms with Gasteiger partial charge in [0.2, 0.25) is 0 Å². The molecule has 1 aromatic carbocycles. The minimum Gasteiger partial charge on any atom is -0.271 e. The fourth-order valence-corrected chi connectivity index (χ4v) is 4.48. The molecule has 2 aliphatic rings. The molecule has 0 aliphatic heterocycles. The fourth-order valence-electron chi connectivity index (χ4n) is 4.04. The highest BCUT2D eigenvalue weighted by Crippen LogP contribution is 2.51. The van der Waals surface area contributed by atoms with Crippen molar-refractivity contribution in [1.29, 1.82) is 0 Å². The van der Waals surface area contributed by atoms with Gasteiger partial charge in [-0.3, -0.25) is 11.3 Å². The molecule has 2 nitrogen and oxygen atoms in total. The van der Waals surface area contributed by atoms with E-state index in [0.717, 1.165) is 29.7 Å². The van der Waals surface area contributed by atoms with Crippen LogP contribution >= 0.6 is 23.2 Å². The number of fused-ring (bicyclic) bond motifs is 2. The lowest BCUT2D eigenvalue weighted by Crippen LogP contribution is -2.31. The molecule has 4 atom stereocenters. The predicted octanol–water partition coefficient (Wildman–Crippen LogP) is 4.32. The molecule has 19 heavy (non-hydrogen) atoms. The molecule has 2 fully saturated rings. The Bertz CT molecular complexity index is 463. The average molecular weight is 299 g/mol. The van der Waals surface area contributed by atoms with Crippen LogP contribution in [-0.2, 0) is 0 Å². The van der Waals surface area contributed by atoms with Gasteiger partial charge in [-0.05, 0) is 55.1 Å². The van der Waals surface area contributed by atoms with Gasteiger partial charge in [-0.2, -0.15) is 0 Å². The fraction of sp³-hybridized carbons (Fsp3) is 0.600. The highest BCUT2D eigenvalue weighted by atomic mass is 35.5. The van der Waals surface area contributed by atoms with E-state index < -0.39 is 0 Å². The topological polar surface area (TPSA) is 38.0 Å². The van der Waals surface area contributed by atoms with Crippen LogP contribution in [0.15, 0.2) is 18.2 Å². The molecule has 0 spiro atoms. The van der Waals surface area contributed by atoms with Crippen LogP contribution in [0.25, 0.3) is 0 Å². The van der Waals surface area contributed by atoms with Crippen LogP contribution in [0.5, 0.6) is 0 Å². The number of halogens is 2. The molecule has 0 aromatic heterocycles. The van der Waals surface area contributed by atoms with Crippen molar-refractivity contribution in [3.05, 3.63) is 33.8 Å². The first kappa shape index (κ1) is 13.7. The molecule has 2 saturated carbocycles. The largest absolute Gasteiger partial charge is 0.271 e. The molecule has 3 N–H and O–H groups in total. The minimum atomic E-state index is 0.107. The molecular weight excluding hydrogens is 279 g/mol. The van der Waals surface area contributed by atoms with Crippen molar-refractivity contribution in [3.63, 3.8) is 0 Å². The van der Waals surface area contributed by atoms with Crippen LogP contribution in [-0.4, -0.2) is 0 Å². The zero-order valence-electron chi connectivity index (χ0n) is 10.9. The second-order valence-electron chi connectivity index (χ2n) is 6.03. The number of hydrogen-bond acceptors (Lipinski definition) is 2. The summed E-state index contributed by atoms with van der Waals surface area (Å²) in [5.41, 5.74) is 3.96. The van der Waals surface area contributed by atoms with E-state index in [9.17, 15) is 0 Å². The lowest BCUT2D eigenvalue weighted by Gasteiger charge is -2.27. The Balaban J connectivity index is 1.75. The molecule has 0 saturated heterocycles. The van der Waals surface area contributed by atoms with E-state index in [-0.39, 0.29) is 6.04 Å². The summed E-state index contributed by atoms with van der Waals surface area (Å²) in [6, 6.07) is 5.88. The van der Waals surface area contributed by atoms with Crippen LogP contribution in [0.4, 0.5) is 0 Å². The molecule has 2 aliphatic carbocycles. The lowest BCUT2D eigenvalue weighted by atomic mass is 9.83. The van der Waals surface area contributed by atoms with E-state index in [1.54, 1.807) is 0 Å². The first-order valence-corrected chi connectivity index (χ1v) is 7.84. The van der Waals surface area contributed by atoms with E-state index >= 15 is 0 Å². The average Bonchev–Trinajstić information content (AvgIpc) is 3.02. The monoisotopic (exact) mass is 298 g/mol. The Morgan fingerprint density at radius 2 is 2.11 bits per heavy atom. The van der Waals surface area contributed by atoms with Gasteiger partial charge in [0.1, 0.15) is 0 Å². The van der Waals surface area contributed by atoms with Gasteiger partial charge in [0.15, 0.2) is 0 Å². The van der Waals surface area contributed by atoms with Gasteiger partial charge >= 0.3 is 0 Å². The minimum absolute atomic E-state index is 0.107. The van der Waals surface area contributed by atoms with E-state index in [1.807, 2.05) is 18.2 Å². The maximum Gasteiger partial charge on any atom is 0.0640 e. The third-order valence-corrected chi connectivity index (χ3v) is 5.81. The first-order chi connectivity index (χ1) is 9.19. The van der Waals surface area contributed by atoms with Gasteiger partial charge in [0.25, 0.3) is 0 Å². The molecule has 4 heteroatoms.